The lowest BCUT2D eigenvalue weighted by Crippen LogP contribution is -2.42. The third-order valence-electron chi connectivity index (χ3n) is 3.04. The molecule has 96 valence electrons. The van der Waals surface area contributed by atoms with Crippen molar-refractivity contribution in [2.75, 3.05) is 6.54 Å². The largest absolute Gasteiger partial charge is 0.354 e. The molecule has 1 amide bonds. The predicted molar refractivity (Wildman–Crippen MR) is 69.2 cm³/mol. The van der Waals surface area contributed by atoms with E-state index < -0.39 is 0 Å². The van der Waals surface area contributed by atoms with Crippen LogP contribution in [-0.2, 0) is 4.79 Å². The Morgan fingerprint density at radius 2 is 1.88 bits per heavy atom. The molecule has 0 aromatic rings. The fourth-order valence-electron chi connectivity index (χ4n) is 1.76. The van der Waals surface area contributed by atoms with E-state index in [2.05, 4.69) is 19.2 Å². The van der Waals surface area contributed by atoms with E-state index in [1.54, 1.807) is 0 Å². The van der Waals surface area contributed by atoms with Crippen LogP contribution in [-0.4, -0.2) is 18.5 Å². The van der Waals surface area contributed by atoms with Crippen LogP contribution in [0.3, 0.4) is 0 Å². The maximum absolute atomic E-state index is 11.6. The van der Waals surface area contributed by atoms with Crippen molar-refractivity contribution in [2.24, 2.45) is 11.7 Å². The average Bonchev–Trinajstić information content (AvgIpc) is 2.29. The molecular formula is C13H28N2O. The molecule has 0 radical (unpaired) electrons. The van der Waals surface area contributed by atoms with Gasteiger partial charge >= 0.3 is 0 Å². The molecule has 0 aliphatic carbocycles. The van der Waals surface area contributed by atoms with E-state index in [-0.39, 0.29) is 11.9 Å². The normalized spacial score (nSPS) is 14.5. The molecule has 2 atom stereocenters. The number of carbonyl (C=O) groups excluding carboxylic acids is 1. The third kappa shape index (κ3) is 6.83. The van der Waals surface area contributed by atoms with Crippen molar-refractivity contribution in [2.45, 2.75) is 65.3 Å². The van der Waals surface area contributed by atoms with Crippen LogP contribution in [0.4, 0.5) is 0 Å². The Balaban J connectivity index is 3.78. The smallest absolute Gasteiger partial charge is 0.236 e. The summed E-state index contributed by atoms with van der Waals surface area (Å²) in [5.41, 5.74) is 5.74. The van der Waals surface area contributed by atoms with E-state index >= 15 is 0 Å². The number of hydrogen-bond acceptors (Lipinski definition) is 2. The minimum atomic E-state index is -0.325. The molecule has 0 aromatic carbocycles. The van der Waals surface area contributed by atoms with Crippen LogP contribution in [0.1, 0.15) is 59.3 Å². The SMILES string of the molecule is CCCCC(CC)CNC(=O)[C@@H](N)CCC. The Kier molecular flexibility index (Phi) is 9.30. The summed E-state index contributed by atoms with van der Waals surface area (Å²) < 4.78 is 0. The fourth-order valence-corrected chi connectivity index (χ4v) is 1.76. The first-order chi connectivity index (χ1) is 7.65. The van der Waals surface area contributed by atoms with Crippen molar-refractivity contribution in [1.82, 2.24) is 5.32 Å². The van der Waals surface area contributed by atoms with E-state index in [4.69, 9.17) is 5.73 Å². The first-order valence-corrected chi connectivity index (χ1v) is 6.68. The number of nitrogens with one attached hydrogen (secondary N) is 1. The molecule has 0 aliphatic rings. The van der Waals surface area contributed by atoms with Crippen LogP contribution in [0.5, 0.6) is 0 Å². The second kappa shape index (κ2) is 9.64. The van der Waals surface area contributed by atoms with Crippen LogP contribution in [0, 0.1) is 5.92 Å². The Hall–Kier alpha value is -0.570. The number of rotatable bonds is 9. The zero-order valence-electron chi connectivity index (χ0n) is 11.1. The molecule has 0 heterocycles. The van der Waals surface area contributed by atoms with E-state index in [0.717, 1.165) is 25.8 Å². The fraction of sp³-hybridized carbons (Fsp3) is 0.923. The lowest BCUT2D eigenvalue weighted by Gasteiger charge is -2.17. The van der Waals surface area contributed by atoms with E-state index in [1.165, 1.54) is 19.3 Å². The maximum Gasteiger partial charge on any atom is 0.236 e. The second-order valence-electron chi connectivity index (χ2n) is 4.56. The van der Waals surface area contributed by atoms with Gasteiger partial charge in [-0.25, -0.2) is 0 Å². The van der Waals surface area contributed by atoms with Crippen molar-refractivity contribution in [3.8, 4) is 0 Å². The summed E-state index contributed by atoms with van der Waals surface area (Å²) in [6.07, 6.45) is 6.54. The van der Waals surface area contributed by atoms with Crippen LogP contribution in [0.2, 0.25) is 0 Å². The molecule has 0 saturated heterocycles. The highest BCUT2D eigenvalue weighted by Crippen LogP contribution is 2.11. The monoisotopic (exact) mass is 228 g/mol. The standard InChI is InChI=1S/C13H28N2O/c1-4-7-9-11(6-3)10-15-13(16)12(14)8-5-2/h11-12H,4-10,14H2,1-3H3,(H,15,16)/t11?,12-/m0/s1. The highest BCUT2D eigenvalue weighted by atomic mass is 16.2. The van der Waals surface area contributed by atoms with Gasteiger partial charge in [-0.15, -0.1) is 0 Å². The first-order valence-electron chi connectivity index (χ1n) is 6.68. The van der Waals surface area contributed by atoms with Gasteiger partial charge in [-0.1, -0.05) is 46.5 Å². The molecule has 0 bridgehead atoms. The molecule has 0 rings (SSSR count). The van der Waals surface area contributed by atoms with Crippen molar-refractivity contribution in [3.05, 3.63) is 0 Å². The zero-order valence-corrected chi connectivity index (χ0v) is 11.1. The van der Waals surface area contributed by atoms with Gasteiger partial charge in [-0.3, -0.25) is 4.79 Å². The molecule has 3 N–H and O–H groups in total. The number of unbranched alkanes of at least 4 members (excludes halogenated alkanes) is 1. The molecule has 1 unspecified atom stereocenters. The first kappa shape index (κ1) is 15.4. The number of nitrogens with two attached hydrogens (primary N) is 1. The Morgan fingerprint density at radius 3 is 2.38 bits per heavy atom. The van der Waals surface area contributed by atoms with Gasteiger partial charge in [0.25, 0.3) is 0 Å². The molecular weight excluding hydrogens is 200 g/mol. The Labute approximate surface area is 100 Å². The van der Waals surface area contributed by atoms with Crippen molar-refractivity contribution in [3.63, 3.8) is 0 Å². The quantitative estimate of drug-likeness (QED) is 0.637. The highest BCUT2D eigenvalue weighted by Gasteiger charge is 2.13. The predicted octanol–water partition coefficient (Wildman–Crippen LogP) is 2.45. The summed E-state index contributed by atoms with van der Waals surface area (Å²) in [5.74, 6) is 0.620. The molecule has 16 heavy (non-hydrogen) atoms. The van der Waals surface area contributed by atoms with E-state index in [1.807, 2.05) is 6.92 Å². The van der Waals surface area contributed by atoms with Crippen molar-refractivity contribution < 1.29 is 4.79 Å². The van der Waals surface area contributed by atoms with E-state index in [9.17, 15) is 4.79 Å². The molecule has 0 aliphatic heterocycles. The van der Waals surface area contributed by atoms with E-state index in [0.29, 0.717) is 5.92 Å². The zero-order chi connectivity index (χ0) is 12.4. The van der Waals surface area contributed by atoms with Gasteiger partial charge in [0, 0.05) is 6.54 Å². The summed E-state index contributed by atoms with van der Waals surface area (Å²) >= 11 is 0. The molecule has 0 saturated carbocycles. The van der Waals surface area contributed by atoms with Gasteiger partial charge in [0.2, 0.25) is 5.91 Å². The Bertz CT molecular complexity index is 183. The summed E-state index contributed by atoms with van der Waals surface area (Å²) in [7, 11) is 0. The van der Waals surface area contributed by atoms with Crippen LogP contribution in [0.25, 0.3) is 0 Å². The molecule has 3 heteroatoms. The highest BCUT2D eigenvalue weighted by molar-refractivity contribution is 5.81. The van der Waals surface area contributed by atoms with Gasteiger partial charge in [-0.05, 0) is 18.8 Å². The summed E-state index contributed by atoms with van der Waals surface area (Å²) in [5, 5.41) is 2.96. The number of carbonyl (C=O) groups is 1. The third-order valence-corrected chi connectivity index (χ3v) is 3.04. The summed E-state index contributed by atoms with van der Waals surface area (Å²) in [6, 6.07) is -0.325. The summed E-state index contributed by atoms with van der Waals surface area (Å²) in [6.45, 7) is 7.21. The second-order valence-corrected chi connectivity index (χ2v) is 4.56. The number of amides is 1. The summed E-state index contributed by atoms with van der Waals surface area (Å²) in [4.78, 5) is 11.6. The molecule has 0 spiro atoms. The van der Waals surface area contributed by atoms with Gasteiger partial charge in [0.1, 0.15) is 0 Å². The number of hydrogen-bond donors (Lipinski definition) is 2. The maximum atomic E-state index is 11.6. The minimum absolute atomic E-state index is 0.0109. The average molecular weight is 228 g/mol. The van der Waals surface area contributed by atoms with Crippen LogP contribution in [0.15, 0.2) is 0 Å². The lowest BCUT2D eigenvalue weighted by atomic mass is 9.99. The van der Waals surface area contributed by atoms with Crippen molar-refractivity contribution in [1.29, 1.82) is 0 Å². The Morgan fingerprint density at radius 1 is 1.19 bits per heavy atom. The van der Waals surface area contributed by atoms with Gasteiger partial charge in [0.05, 0.1) is 6.04 Å². The van der Waals surface area contributed by atoms with Crippen LogP contribution >= 0.6 is 0 Å². The molecule has 0 aromatic heterocycles. The molecule has 0 fully saturated rings. The van der Waals surface area contributed by atoms with Crippen molar-refractivity contribution >= 4 is 5.91 Å². The van der Waals surface area contributed by atoms with Gasteiger partial charge < -0.3 is 11.1 Å². The van der Waals surface area contributed by atoms with Gasteiger partial charge in [0.15, 0.2) is 0 Å². The molecule has 3 nitrogen and oxygen atoms in total. The topological polar surface area (TPSA) is 55.1 Å². The minimum Gasteiger partial charge on any atom is -0.354 e. The lowest BCUT2D eigenvalue weighted by molar-refractivity contribution is -0.122. The van der Waals surface area contributed by atoms with Crippen LogP contribution < -0.4 is 11.1 Å². The van der Waals surface area contributed by atoms with Gasteiger partial charge in [-0.2, -0.15) is 0 Å².